The van der Waals surface area contributed by atoms with Gasteiger partial charge in [-0.25, -0.2) is 0 Å². The van der Waals surface area contributed by atoms with Gasteiger partial charge in [0.2, 0.25) is 5.91 Å². The molecule has 3 aliphatic heterocycles. The van der Waals surface area contributed by atoms with E-state index in [-0.39, 0.29) is 35.6 Å². The quantitative estimate of drug-likeness (QED) is 0.404. The molecule has 2 aromatic carbocycles. The number of rotatable bonds is 7. The molecule has 0 aromatic heterocycles. The summed E-state index contributed by atoms with van der Waals surface area (Å²) in [7, 11) is 1.61. The highest BCUT2D eigenvalue weighted by Crippen LogP contribution is 2.47. The summed E-state index contributed by atoms with van der Waals surface area (Å²) in [6.07, 6.45) is 6.76. The summed E-state index contributed by atoms with van der Waals surface area (Å²) in [4.78, 5) is 46.2. The third-order valence-electron chi connectivity index (χ3n) is 9.85. The predicted octanol–water partition coefficient (Wildman–Crippen LogP) is 4.21. The van der Waals surface area contributed by atoms with E-state index in [9.17, 15) is 19.5 Å². The molecule has 0 radical (unpaired) electrons. The van der Waals surface area contributed by atoms with E-state index < -0.39 is 5.60 Å². The number of carbonyl (C=O) groups is 3. The van der Waals surface area contributed by atoms with Crippen LogP contribution in [0.5, 0.6) is 0 Å². The third kappa shape index (κ3) is 4.95. The Labute approximate surface area is 242 Å². The van der Waals surface area contributed by atoms with E-state index in [1.165, 1.54) is 4.90 Å². The van der Waals surface area contributed by atoms with Gasteiger partial charge in [0.25, 0.3) is 11.8 Å². The van der Waals surface area contributed by atoms with Gasteiger partial charge in [-0.05, 0) is 56.2 Å². The molecule has 2 aromatic rings. The fourth-order valence-corrected chi connectivity index (χ4v) is 7.82. The Bertz CT molecular complexity index is 1300. The van der Waals surface area contributed by atoms with Gasteiger partial charge in [0, 0.05) is 51.9 Å². The zero-order chi connectivity index (χ0) is 28.6. The van der Waals surface area contributed by atoms with E-state index in [4.69, 9.17) is 4.74 Å². The van der Waals surface area contributed by atoms with Crippen LogP contribution in [0.4, 0.5) is 5.69 Å². The van der Waals surface area contributed by atoms with Crippen LogP contribution in [0.1, 0.15) is 77.6 Å². The van der Waals surface area contributed by atoms with E-state index in [2.05, 4.69) is 9.80 Å². The van der Waals surface area contributed by atoms with Crippen LogP contribution in [-0.4, -0.2) is 78.6 Å². The maximum atomic E-state index is 14.2. The number of amides is 3. The minimum absolute atomic E-state index is 0.0289. The second-order valence-electron chi connectivity index (χ2n) is 12.1. The van der Waals surface area contributed by atoms with Gasteiger partial charge in [0.05, 0.1) is 28.3 Å². The van der Waals surface area contributed by atoms with Crippen molar-refractivity contribution in [3.63, 3.8) is 0 Å². The van der Waals surface area contributed by atoms with Crippen molar-refractivity contribution in [2.24, 2.45) is 11.8 Å². The molecule has 2 saturated heterocycles. The van der Waals surface area contributed by atoms with Crippen molar-refractivity contribution < 1.29 is 24.2 Å². The largest absolute Gasteiger partial charge is 0.385 e. The van der Waals surface area contributed by atoms with Gasteiger partial charge in [-0.2, -0.15) is 0 Å². The summed E-state index contributed by atoms with van der Waals surface area (Å²) in [6, 6.07) is 15.5. The molecule has 1 aliphatic carbocycles. The number of anilines is 1. The van der Waals surface area contributed by atoms with Crippen LogP contribution in [0.25, 0.3) is 0 Å². The average molecular weight is 560 g/mol. The van der Waals surface area contributed by atoms with Gasteiger partial charge >= 0.3 is 0 Å². The van der Waals surface area contributed by atoms with E-state index in [0.29, 0.717) is 50.2 Å². The van der Waals surface area contributed by atoms with Crippen LogP contribution >= 0.6 is 0 Å². The molecule has 1 N–H and O–H groups in total. The summed E-state index contributed by atoms with van der Waals surface area (Å²) in [5.74, 6) is -0.504. The predicted molar refractivity (Wildman–Crippen MR) is 156 cm³/mol. The topological polar surface area (TPSA) is 90.4 Å². The van der Waals surface area contributed by atoms with Crippen molar-refractivity contribution >= 4 is 23.4 Å². The lowest BCUT2D eigenvalue weighted by atomic mass is 9.66. The van der Waals surface area contributed by atoms with Crippen molar-refractivity contribution in [2.45, 2.75) is 63.0 Å². The van der Waals surface area contributed by atoms with Gasteiger partial charge in [0.1, 0.15) is 0 Å². The van der Waals surface area contributed by atoms with E-state index in [1.54, 1.807) is 13.2 Å². The third-order valence-corrected chi connectivity index (χ3v) is 9.85. The van der Waals surface area contributed by atoms with Crippen LogP contribution < -0.4 is 4.90 Å². The molecule has 8 nitrogen and oxygen atoms in total. The SMILES string of the molecule is COCCCN1C(=O)c2cccc(N3CCCC(C(=O)N4CC[C@](O)(c5ccccc5)[C@@H]5CCCC[C@H]54)C3)c2C1=O. The van der Waals surface area contributed by atoms with Crippen molar-refractivity contribution in [1.82, 2.24) is 9.80 Å². The molecule has 41 heavy (non-hydrogen) atoms. The highest BCUT2D eigenvalue weighted by atomic mass is 16.5. The number of fused-ring (bicyclic) bond motifs is 2. The number of hydrogen-bond acceptors (Lipinski definition) is 6. The second-order valence-corrected chi connectivity index (χ2v) is 12.1. The number of piperidine rings is 2. The zero-order valence-corrected chi connectivity index (χ0v) is 24.0. The summed E-state index contributed by atoms with van der Waals surface area (Å²) in [6.45, 7) is 2.62. The van der Waals surface area contributed by atoms with E-state index in [0.717, 1.165) is 56.3 Å². The lowest BCUT2D eigenvalue weighted by Gasteiger charge is -2.53. The van der Waals surface area contributed by atoms with E-state index in [1.807, 2.05) is 42.5 Å². The fourth-order valence-electron chi connectivity index (χ4n) is 7.82. The van der Waals surface area contributed by atoms with Gasteiger partial charge < -0.3 is 19.6 Å². The Morgan fingerprint density at radius 1 is 0.976 bits per heavy atom. The Morgan fingerprint density at radius 3 is 2.59 bits per heavy atom. The van der Waals surface area contributed by atoms with Crippen LogP contribution in [0.2, 0.25) is 0 Å². The number of aliphatic hydroxyl groups is 1. The number of benzene rings is 2. The lowest BCUT2D eigenvalue weighted by Crippen LogP contribution is -2.60. The van der Waals surface area contributed by atoms with Gasteiger partial charge in [0.15, 0.2) is 0 Å². The molecule has 218 valence electrons. The Hall–Kier alpha value is -3.23. The number of ether oxygens (including phenoxy) is 1. The van der Waals surface area contributed by atoms with Crippen molar-refractivity contribution in [2.75, 3.05) is 44.8 Å². The number of hydrogen-bond donors (Lipinski definition) is 1. The first-order valence-corrected chi connectivity index (χ1v) is 15.3. The van der Waals surface area contributed by atoms with Crippen molar-refractivity contribution in [3.05, 3.63) is 65.2 Å². The van der Waals surface area contributed by atoms with Gasteiger partial charge in [-0.15, -0.1) is 0 Å². The summed E-state index contributed by atoms with van der Waals surface area (Å²) in [5.41, 5.74) is 1.70. The maximum absolute atomic E-state index is 14.2. The average Bonchev–Trinajstić information content (AvgIpc) is 3.26. The normalized spacial score (nSPS) is 28.0. The highest BCUT2D eigenvalue weighted by molar-refractivity contribution is 6.23. The smallest absolute Gasteiger partial charge is 0.263 e. The number of carbonyl (C=O) groups excluding carboxylic acids is 3. The number of imide groups is 1. The van der Waals surface area contributed by atoms with Crippen LogP contribution in [0, 0.1) is 11.8 Å². The molecule has 4 atom stereocenters. The fraction of sp³-hybridized carbons (Fsp3) is 0.545. The Morgan fingerprint density at radius 2 is 1.78 bits per heavy atom. The molecule has 3 heterocycles. The first-order chi connectivity index (χ1) is 19.9. The first kappa shape index (κ1) is 27.9. The monoisotopic (exact) mass is 559 g/mol. The zero-order valence-electron chi connectivity index (χ0n) is 24.0. The minimum Gasteiger partial charge on any atom is -0.385 e. The number of methoxy groups -OCH3 is 1. The standard InChI is InChI=1S/C33H41N3O5/c1-41-21-9-19-36-31(38)25-13-7-16-28(29(25)32(36)39)34-18-8-10-23(22-34)30(37)35-20-17-33(40,24-11-3-2-4-12-24)26-14-5-6-15-27(26)35/h2-4,7,11-13,16,23,26-27,40H,5-6,8-10,14-15,17-22H2,1H3/t23?,26-,27-,33+/m1/s1. The molecule has 4 aliphatic rings. The molecule has 8 heteroatoms. The van der Waals surface area contributed by atoms with Gasteiger partial charge in [-0.1, -0.05) is 49.2 Å². The molecule has 1 saturated carbocycles. The Balaban J connectivity index is 1.20. The minimum atomic E-state index is -0.908. The maximum Gasteiger partial charge on any atom is 0.263 e. The van der Waals surface area contributed by atoms with Crippen LogP contribution in [0.3, 0.4) is 0 Å². The van der Waals surface area contributed by atoms with Crippen molar-refractivity contribution in [3.8, 4) is 0 Å². The second kappa shape index (κ2) is 11.6. The first-order valence-electron chi connectivity index (χ1n) is 15.3. The summed E-state index contributed by atoms with van der Waals surface area (Å²) < 4.78 is 5.11. The molecular weight excluding hydrogens is 518 g/mol. The molecule has 1 unspecified atom stereocenters. The summed E-state index contributed by atoms with van der Waals surface area (Å²) in [5, 5.41) is 11.9. The molecular formula is C33H41N3O5. The Kier molecular flexibility index (Phi) is 7.88. The highest BCUT2D eigenvalue weighted by Gasteiger charge is 2.51. The van der Waals surface area contributed by atoms with Gasteiger partial charge in [-0.3, -0.25) is 19.3 Å². The molecule has 3 amide bonds. The summed E-state index contributed by atoms with van der Waals surface area (Å²) >= 11 is 0. The molecule has 6 rings (SSSR count). The van der Waals surface area contributed by atoms with E-state index >= 15 is 0 Å². The number of likely N-dealkylation sites (tertiary alicyclic amines) is 1. The lowest BCUT2D eigenvalue weighted by molar-refractivity contribution is -0.158. The molecule has 3 fully saturated rings. The van der Waals surface area contributed by atoms with Crippen molar-refractivity contribution in [1.29, 1.82) is 0 Å². The van der Waals surface area contributed by atoms with Crippen LogP contribution in [-0.2, 0) is 15.1 Å². The molecule has 0 spiro atoms. The van der Waals surface area contributed by atoms with Crippen LogP contribution in [0.15, 0.2) is 48.5 Å². The number of nitrogens with zero attached hydrogens (tertiary/aromatic N) is 3. The molecule has 0 bridgehead atoms.